The number of carbonyl (C=O) groups is 1. The number of sulfonamides is 1. The zero-order valence-electron chi connectivity index (χ0n) is 9.46. The van der Waals surface area contributed by atoms with Crippen LogP contribution >= 0.6 is 11.6 Å². The van der Waals surface area contributed by atoms with Gasteiger partial charge in [0.25, 0.3) is 5.91 Å². The van der Waals surface area contributed by atoms with E-state index in [1.165, 1.54) is 30.5 Å². The van der Waals surface area contributed by atoms with Gasteiger partial charge in [0.2, 0.25) is 15.2 Å². The first-order valence-corrected chi connectivity index (χ1v) is 6.98. The molecule has 2 aromatic rings. The van der Waals surface area contributed by atoms with Crippen molar-refractivity contribution in [3.05, 3.63) is 47.4 Å². The summed E-state index contributed by atoms with van der Waals surface area (Å²) in [5, 5.41) is 7.40. The fourth-order valence-electron chi connectivity index (χ4n) is 1.46. The van der Waals surface area contributed by atoms with Gasteiger partial charge >= 0.3 is 0 Å². The van der Waals surface area contributed by atoms with Gasteiger partial charge < -0.3 is 9.73 Å². The fourth-order valence-corrected chi connectivity index (χ4v) is 2.36. The van der Waals surface area contributed by atoms with Gasteiger partial charge in [0.05, 0.1) is 17.5 Å². The summed E-state index contributed by atoms with van der Waals surface area (Å²) in [6, 6.07) is 7.16. The number of amides is 1. The molecule has 0 spiro atoms. The van der Waals surface area contributed by atoms with Crippen molar-refractivity contribution in [2.45, 2.75) is 4.90 Å². The third-order valence-electron chi connectivity index (χ3n) is 2.30. The van der Waals surface area contributed by atoms with E-state index in [9.17, 15) is 13.2 Å². The SMILES string of the molecule is NS(=O)(=O)c1ccccc1NC(=O)c1ccoc1Cl. The van der Waals surface area contributed by atoms with E-state index in [0.29, 0.717) is 0 Å². The number of anilines is 1. The number of primary sulfonamides is 1. The average Bonchev–Trinajstić information content (AvgIpc) is 2.75. The molecule has 0 bridgehead atoms. The molecule has 8 heteroatoms. The molecular formula is C11H9ClN2O4S. The molecule has 1 aromatic heterocycles. The monoisotopic (exact) mass is 300 g/mol. The second-order valence-electron chi connectivity index (χ2n) is 3.60. The van der Waals surface area contributed by atoms with Crippen LogP contribution in [0.25, 0.3) is 0 Å². The minimum atomic E-state index is -3.93. The Morgan fingerprint density at radius 1 is 1.26 bits per heavy atom. The molecular weight excluding hydrogens is 292 g/mol. The maximum atomic E-state index is 11.9. The van der Waals surface area contributed by atoms with Gasteiger partial charge in [-0.3, -0.25) is 4.79 Å². The Bertz CT molecular complexity index is 724. The number of halogens is 1. The molecule has 1 aromatic carbocycles. The van der Waals surface area contributed by atoms with Gasteiger partial charge in [-0.05, 0) is 29.8 Å². The number of benzene rings is 1. The fraction of sp³-hybridized carbons (Fsp3) is 0. The highest BCUT2D eigenvalue weighted by molar-refractivity contribution is 7.89. The molecule has 0 aliphatic heterocycles. The average molecular weight is 301 g/mol. The molecule has 1 heterocycles. The highest BCUT2D eigenvalue weighted by Crippen LogP contribution is 2.22. The lowest BCUT2D eigenvalue weighted by Crippen LogP contribution is -2.18. The number of carbonyl (C=O) groups excluding carboxylic acids is 1. The lowest BCUT2D eigenvalue weighted by molar-refractivity contribution is 0.102. The van der Waals surface area contributed by atoms with Gasteiger partial charge in [0.1, 0.15) is 4.90 Å². The van der Waals surface area contributed by atoms with Crippen LogP contribution in [0.4, 0.5) is 5.69 Å². The zero-order valence-corrected chi connectivity index (χ0v) is 11.0. The van der Waals surface area contributed by atoms with E-state index in [4.69, 9.17) is 21.2 Å². The van der Waals surface area contributed by atoms with E-state index in [-0.39, 0.29) is 21.4 Å². The number of nitrogens with one attached hydrogen (secondary N) is 1. The van der Waals surface area contributed by atoms with Crippen molar-refractivity contribution < 1.29 is 17.6 Å². The molecule has 0 atom stereocenters. The maximum absolute atomic E-state index is 11.9. The van der Waals surface area contributed by atoms with E-state index in [1.807, 2.05) is 0 Å². The molecule has 6 nitrogen and oxygen atoms in total. The van der Waals surface area contributed by atoms with Crippen molar-refractivity contribution in [3.8, 4) is 0 Å². The summed E-state index contributed by atoms with van der Waals surface area (Å²) in [4.78, 5) is 11.7. The molecule has 0 aliphatic carbocycles. The summed E-state index contributed by atoms with van der Waals surface area (Å²) in [6.45, 7) is 0. The van der Waals surface area contributed by atoms with Crippen LogP contribution in [-0.2, 0) is 10.0 Å². The third-order valence-corrected chi connectivity index (χ3v) is 3.57. The van der Waals surface area contributed by atoms with Crippen LogP contribution in [-0.4, -0.2) is 14.3 Å². The van der Waals surface area contributed by atoms with E-state index in [0.717, 1.165) is 0 Å². The highest BCUT2D eigenvalue weighted by Gasteiger charge is 2.18. The molecule has 0 radical (unpaired) electrons. The Hall–Kier alpha value is -1.83. The van der Waals surface area contributed by atoms with Gasteiger partial charge in [-0.1, -0.05) is 12.1 Å². The van der Waals surface area contributed by atoms with Gasteiger partial charge in [0, 0.05) is 0 Å². The maximum Gasteiger partial charge on any atom is 0.260 e. The minimum absolute atomic E-state index is 0.0762. The summed E-state index contributed by atoms with van der Waals surface area (Å²) in [6.07, 6.45) is 1.25. The topological polar surface area (TPSA) is 102 Å². The number of hydrogen-bond donors (Lipinski definition) is 2. The Labute approximate surface area is 114 Å². The van der Waals surface area contributed by atoms with E-state index in [2.05, 4.69) is 5.32 Å². The molecule has 0 saturated carbocycles. The number of nitrogens with two attached hydrogens (primary N) is 1. The smallest absolute Gasteiger partial charge is 0.260 e. The van der Waals surface area contributed by atoms with E-state index in [1.54, 1.807) is 6.07 Å². The predicted molar refractivity (Wildman–Crippen MR) is 69.5 cm³/mol. The third kappa shape index (κ3) is 2.95. The lowest BCUT2D eigenvalue weighted by Gasteiger charge is -2.08. The van der Waals surface area contributed by atoms with Crippen LogP contribution in [0.2, 0.25) is 5.22 Å². The van der Waals surface area contributed by atoms with E-state index < -0.39 is 15.9 Å². The second-order valence-corrected chi connectivity index (χ2v) is 5.48. The van der Waals surface area contributed by atoms with E-state index >= 15 is 0 Å². The summed E-state index contributed by atoms with van der Waals surface area (Å²) in [7, 11) is -3.93. The minimum Gasteiger partial charge on any atom is -0.452 e. The Morgan fingerprint density at radius 3 is 2.53 bits per heavy atom. The summed E-state index contributed by atoms with van der Waals surface area (Å²) >= 11 is 5.66. The van der Waals surface area contributed by atoms with Gasteiger partial charge in [-0.25, -0.2) is 13.6 Å². The summed E-state index contributed by atoms with van der Waals surface area (Å²) in [5.74, 6) is -0.588. The predicted octanol–water partition coefficient (Wildman–Crippen LogP) is 1.83. The van der Waals surface area contributed by atoms with Crippen molar-refractivity contribution in [3.63, 3.8) is 0 Å². The van der Waals surface area contributed by atoms with Crippen LogP contribution in [0.1, 0.15) is 10.4 Å². The van der Waals surface area contributed by atoms with Crippen molar-refractivity contribution in [1.29, 1.82) is 0 Å². The molecule has 0 saturated heterocycles. The molecule has 19 heavy (non-hydrogen) atoms. The Morgan fingerprint density at radius 2 is 1.95 bits per heavy atom. The molecule has 0 unspecified atom stereocenters. The normalized spacial score (nSPS) is 11.3. The first-order chi connectivity index (χ1) is 8.89. The lowest BCUT2D eigenvalue weighted by atomic mass is 10.3. The molecule has 0 aliphatic rings. The number of furan rings is 1. The summed E-state index contributed by atoms with van der Waals surface area (Å²) in [5.41, 5.74) is 0.179. The largest absolute Gasteiger partial charge is 0.452 e. The standard InChI is InChI=1S/C11H9ClN2O4S/c12-10-7(5-6-18-10)11(15)14-8-3-1-2-4-9(8)19(13,16)17/h1-6H,(H,14,15)(H2,13,16,17). The van der Waals surface area contributed by atoms with Crippen LogP contribution in [0.3, 0.4) is 0 Å². The van der Waals surface area contributed by atoms with Crippen LogP contribution < -0.4 is 10.5 Å². The van der Waals surface area contributed by atoms with Crippen molar-refractivity contribution in [2.24, 2.45) is 5.14 Å². The molecule has 3 N–H and O–H groups in total. The van der Waals surface area contributed by atoms with Crippen molar-refractivity contribution >= 4 is 33.2 Å². The Kier molecular flexibility index (Phi) is 3.61. The number of hydrogen-bond acceptors (Lipinski definition) is 4. The molecule has 1 amide bonds. The van der Waals surface area contributed by atoms with Gasteiger partial charge in [-0.15, -0.1) is 0 Å². The highest BCUT2D eigenvalue weighted by atomic mass is 35.5. The van der Waals surface area contributed by atoms with Gasteiger partial charge in [0.15, 0.2) is 0 Å². The number of rotatable bonds is 3. The molecule has 100 valence electrons. The molecule has 0 fully saturated rings. The molecule has 2 rings (SSSR count). The van der Waals surface area contributed by atoms with Crippen molar-refractivity contribution in [1.82, 2.24) is 0 Å². The first-order valence-electron chi connectivity index (χ1n) is 5.06. The van der Waals surface area contributed by atoms with Crippen molar-refractivity contribution in [2.75, 3.05) is 5.32 Å². The van der Waals surface area contributed by atoms with Crippen LogP contribution in [0.5, 0.6) is 0 Å². The van der Waals surface area contributed by atoms with Gasteiger partial charge in [-0.2, -0.15) is 0 Å². The second kappa shape index (κ2) is 5.04. The quantitative estimate of drug-likeness (QED) is 0.902. The Balaban J connectivity index is 2.35. The first kappa shape index (κ1) is 13.6. The number of para-hydroxylation sites is 1. The van der Waals surface area contributed by atoms with Crippen LogP contribution in [0, 0.1) is 0 Å². The zero-order chi connectivity index (χ0) is 14.0. The van der Waals surface area contributed by atoms with Crippen LogP contribution in [0.15, 0.2) is 45.9 Å². The summed E-state index contributed by atoms with van der Waals surface area (Å²) < 4.78 is 27.5.